The van der Waals surface area contributed by atoms with E-state index in [0.29, 0.717) is 5.96 Å². The summed E-state index contributed by atoms with van der Waals surface area (Å²) in [6, 6.07) is 0. The first-order chi connectivity index (χ1) is 8.64. The standard InChI is InChI=1S/C12H24N4OS.HI/c1-15(2)12(3-8-18-10-12)9-14-11(13)16-4-6-17-7-5-16;/h3-10H2,1-2H3,(H2,13,14);1H. The van der Waals surface area contributed by atoms with E-state index >= 15 is 0 Å². The van der Waals surface area contributed by atoms with Gasteiger partial charge in [0.1, 0.15) is 0 Å². The van der Waals surface area contributed by atoms with Gasteiger partial charge in [0.2, 0.25) is 0 Å². The van der Waals surface area contributed by atoms with Crippen LogP contribution in [0.3, 0.4) is 0 Å². The number of nitrogens with two attached hydrogens (primary N) is 1. The molecule has 0 amide bonds. The van der Waals surface area contributed by atoms with Crippen molar-refractivity contribution in [3.63, 3.8) is 0 Å². The first kappa shape index (κ1) is 17.3. The van der Waals surface area contributed by atoms with E-state index in [1.165, 1.54) is 12.2 Å². The summed E-state index contributed by atoms with van der Waals surface area (Å²) < 4.78 is 5.32. The number of thioether (sulfide) groups is 1. The van der Waals surface area contributed by atoms with Gasteiger partial charge >= 0.3 is 0 Å². The molecule has 2 N–H and O–H groups in total. The van der Waals surface area contributed by atoms with E-state index in [0.717, 1.165) is 38.6 Å². The van der Waals surface area contributed by atoms with Crippen LogP contribution in [-0.4, -0.2) is 79.7 Å². The smallest absolute Gasteiger partial charge is 0.191 e. The normalized spacial score (nSPS) is 28.6. The summed E-state index contributed by atoms with van der Waals surface area (Å²) >= 11 is 2.01. The van der Waals surface area contributed by atoms with Crippen LogP contribution in [0, 0.1) is 0 Å². The number of guanidine groups is 1. The zero-order valence-electron chi connectivity index (χ0n) is 11.8. The topological polar surface area (TPSA) is 54.1 Å². The number of nitrogens with zero attached hydrogens (tertiary/aromatic N) is 3. The molecule has 0 spiro atoms. The maximum atomic E-state index is 6.08. The predicted molar refractivity (Wildman–Crippen MR) is 92.7 cm³/mol. The molecule has 2 aliphatic heterocycles. The number of aliphatic imine (C=N–C) groups is 1. The summed E-state index contributed by atoms with van der Waals surface area (Å²) in [6.45, 7) is 4.03. The van der Waals surface area contributed by atoms with Gasteiger partial charge in [0.25, 0.3) is 0 Å². The zero-order valence-corrected chi connectivity index (χ0v) is 14.9. The van der Waals surface area contributed by atoms with Gasteiger partial charge < -0.3 is 20.3 Å². The average molecular weight is 400 g/mol. The molecule has 1 atom stereocenters. The molecule has 0 aromatic carbocycles. The third-order valence-electron chi connectivity index (χ3n) is 3.90. The Hall–Kier alpha value is 0.270. The molecule has 0 aromatic heterocycles. The van der Waals surface area contributed by atoms with E-state index in [-0.39, 0.29) is 29.5 Å². The summed E-state index contributed by atoms with van der Waals surface area (Å²) in [5.74, 6) is 3.06. The van der Waals surface area contributed by atoms with Crippen molar-refractivity contribution in [3.05, 3.63) is 0 Å². The molecule has 2 fully saturated rings. The van der Waals surface area contributed by atoms with Crippen LogP contribution in [0.15, 0.2) is 4.99 Å². The van der Waals surface area contributed by atoms with E-state index in [1.54, 1.807) is 0 Å². The molecular formula is C12H25IN4OS. The maximum Gasteiger partial charge on any atom is 0.191 e. The lowest BCUT2D eigenvalue weighted by Gasteiger charge is -2.35. The van der Waals surface area contributed by atoms with Gasteiger partial charge in [-0.15, -0.1) is 24.0 Å². The SMILES string of the molecule is CN(C)C1(CN=C(N)N2CCOCC2)CCSC1.I. The van der Waals surface area contributed by atoms with Crippen molar-refractivity contribution in [2.24, 2.45) is 10.7 Å². The maximum absolute atomic E-state index is 6.08. The molecular weight excluding hydrogens is 375 g/mol. The van der Waals surface area contributed by atoms with Crippen molar-refractivity contribution in [2.45, 2.75) is 12.0 Å². The van der Waals surface area contributed by atoms with E-state index < -0.39 is 0 Å². The Morgan fingerprint density at radius 1 is 1.42 bits per heavy atom. The van der Waals surface area contributed by atoms with Gasteiger partial charge in [-0.3, -0.25) is 4.99 Å². The first-order valence-corrected chi connectivity index (χ1v) is 7.67. The Balaban J connectivity index is 0.00000180. The second kappa shape index (κ2) is 7.90. The van der Waals surface area contributed by atoms with Crippen LogP contribution in [0.25, 0.3) is 0 Å². The second-order valence-corrected chi connectivity index (χ2v) is 6.30. The number of morpholine rings is 1. The lowest BCUT2D eigenvalue weighted by molar-refractivity contribution is 0.0672. The number of halogens is 1. The Morgan fingerprint density at radius 2 is 2.11 bits per heavy atom. The minimum Gasteiger partial charge on any atom is -0.378 e. The Kier molecular flexibility index (Phi) is 7.20. The fraction of sp³-hybridized carbons (Fsp3) is 0.917. The fourth-order valence-corrected chi connectivity index (χ4v) is 3.88. The van der Waals surface area contributed by atoms with Gasteiger partial charge in [0.05, 0.1) is 19.8 Å². The molecule has 2 saturated heterocycles. The molecule has 0 aromatic rings. The zero-order chi connectivity index (χ0) is 13.0. The Bertz CT molecular complexity index is 302. The van der Waals surface area contributed by atoms with Crippen LogP contribution in [0.5, 0.6) is 0 Å². The molecule has 2 heterocycles. The van der Waals surface area contributed by atoms with Gasteiger partial charge in [0, 0.05) is 24.4 Å². The molecule has 1 unspecified atom stereocenters. The monoisotopic (exact) mass is 400 g/mol. The lowest BCUT2D eigenvalue weighted by atomic mass is 9.98. The highest BCUT2D eigenvalue weighted by molar-refractivity contribution is 14.0. The summed E-state index contributed by atoms with van der Waals surface area (Å²) in [6.07, 6.45) is 1.20. The summed E-state index contributed by atoms with van der Waals surface area (Å²) in [5, 5.41) is 0. The molecule has 112 valence electrons. The number of ether oxygens (including phenoxy) is 1. The van der Waals surface area contributed by atoms with Crippen molar-refractivity contribution in [3.8, 4) is 0 Å². The quantitative estimate of drug-likeness (QED) is 0.429. The van der Waals surface area contributed by atoms with Crippen molar-refractivity contribution in [1.82, 2.24) is 9.80 Å². The lowest BCUT2D eigenvalue weighted by Crippen LogP contribution is -2.49. The van der Waals surface area contributed by atoms with Gasteiger partial charge in [-0.05, 0) is 26.3 Å². The molecule has 19 heavy (non-hydrogen) atoms. The second-order valence-electron chi connectivity index (χ2n) is 5.20. The largest absolute Gasteiger partial charge is 0.378 e. The third kappa shape index (κ3) is 4.37. The van der Waals surface area contributed by atoms with E-state index in [4.69, 9.17) is 10.5 Å². The molecule has 0 aliphatic carbocycles. The molecule has 2 aliphatic rings. The summed E-state index contributed by atoms with van der Waals surface area (Å²) in [4.78, 5) is 9.06. The molecule has 2 rings (SSSR count). The van der Waals surface area contributed by atoms with E-state index in [9.17, 15) is 0 Å². The van der Waals surface area contributed by atoms with Crippen molar-refractivity contribution in [2.75, 3.05) is 58.4 Å². The number of hydrogen-bond donors (Lipinski definition) is 1. The van der Waals surface area contributed by atoms with E-state index in [1.807, 2.05) is 11.8 Å². The first-order valence-electron chi connectivity index (χ1n) is 6.52. The van der Waals surface area contributed by atoms with Crippen LogP contribution in [0.2, 0.25) is 0 Å². The minimum absolute atomic E-state index is 0. The van der Waals surface area contributed by atoms with Gasteiger partial charge in [0.15, 0.2) is 5.96 Å². The fourth-order valence-electron chi connectivity index (χ4n) is 2.34. The highest BCUT2D eigenvalue weighted by Gasteiger charge is 2.36. The molecule has 0 bridgehead atoms. The molecule has 5 nitrogen and oxygen atoms in total. The van der Waals surface area contributed by atoms with Crippen LogP contribution in [0.4, 0.5) is 0 Å². The molecule has 0 saturated carbocycles. The number of hydrogen-bond acceptors (Lipinski definition) is 4. The van der Waals surface area contributed by atoms with Gasteiger partial charge in [-0.2, -0.15) is 11.8 Å². The Labute approximate surface area is 137 Å². The van der Waals surface area contributed by atoms with Gasteiger partial charge in [-0.1, -0.05) is 0 Å². The third-order valence-corrected chi connectivity index (χ3v) is 5.14. The highest BCUT2D eigenvalue weighted by Crippen LogP contribution is 2.32. The predicted octanol–water partition coefficient (Wildman–Crippen LogP) is 0.689. The summed E-state index contributed by atoms with van der Waals surface area (Å²) in [7, 11) is 4.29. The van der Waals surface area contributed by atoms with Crippen molar-refractivity contribution < 1.29 is 4.74 Å². The van der Waals surface area contributed by atoms with Crippen LogP contribution in [-0.2, 0) is 4.74 Å². The molecule has 0 radical (unpaired) electrons. The number of rotatable bonds is 3. The Morgan fingerprint density at radius 3 is 2.63 bits per heavy atom. The minimum atomic E-state index is 0. The van der Waals surface area contributed by atoms with Crippen molar-refractivity contribution in [1.29, 1.82) is 0 Å². The van der Waals surface area contributed by atoms with Crippen LogP contribution in [0.1, 0.15) is 6.42 Å². The highest BCUT2D eigenvalue weighted by atomic mass is 127. The van der Waals surface area contributed by atoms with Crippen LogP contribution >= 0.6 is 35.7 Å². The average Bonchev–Trinajstić information content (AvgIpc) is 2.87. The number of likely N-dealkylation sites (N-methyl/N-ethyl adjacent to an activating group) is 1. The van der Waals surface area contributed by atoms with Crippen LogP contribution < -0.4 is 5.73 Å². The molecule has 7 heteroatoms. The van der Waals surface area contributed by atoms with Gasteiger partial charge in [-0.25, -0.2) is 0 Å². The summed E-state index contributed by atoms with van der Waals surface area (Å²) in [5.41, 5.74) is 6.28. The van der Waals surface area contributed by atoms with E-state index in [2.05, 4.69) is 28.9 Å². The van der Waals surface area contributed by atoms with Crippen molar-refractivity contribution >= 4 is 41.7 Å².